The van der Waals surface area contributed by atoms with Crippen LogP contribution in [0.3, 0.4) is 0 Å². The minimum Gasteiger partial charge on any atom is -0.336 e. The van der Waals surface area contributed by atoms with Crippen molar-refractivity contribution in [2.45, 2.75) is 25.6 Å². The highest BCUT2D eigenvalue weighted by Crippen LogP contribution is 2.16. The molecule has 0 radical (unpaired) electrons. The van der Waals surface area contributed by atoms with Crippen molar-refractivity contribution in [2.24, 2.45) is 5.73 Å². The van der Waals surface area contributed by atoms with Gasteiger partial charge in [0.25, 0.3) is 7.41 Å². The Hall–Kier alpha value is -1.17. The summed E-state index contributed by atoms with van der Waals surface area (Å²) in [6.07, 6.45) is 0.975. The number of nitrogens with two attached hydrogens (primary N) is 1. The molecule has 0 aromatic heterocycles. The average molecular weight is 259 g/mol. The van der Waals surface area contributed by atoms with E-state index in [1.54, 1.807) is 0 Å². The van der Waals surface area contributed by atoms with Crippen LogP contribution in [-0.2, 0) is 11.3 Å². The lowest BCUT2D eigenvalue weighted by molar-refractivity contribution is 0.106. The highest BCUT2D eigenvalue weighted by atomic mass is 16.1. The number of likely N-dealkylation sites (N-methyl/N-ethyl adjacent to an activating group) is 1. The van der Waals surface area contributed by atoms with Crippen LogP contribution in [0.1, 0.15) is 24.1 Å². The lowest BCUT2D eigenvalue weighted by atomic mass is 9.87. The molecule has 2 rings (SSSR count). The maximum Gasteiger partial charge on any atom is 0.281 e. The van der Waals surface area contributed by atoms with E-state index < -0.39 is 0 Å². The summed E-state index contributed by atoms with van der Waals surface area (Å²) in [6.45, 7) is 4.93. The van der Waals surface area contributed by atoms with Crippen molar-refractivity contribution in [2.75, 3.05) is 20.1 Å². The smallest absolute Gasteiger partial charge is 0.281 e. The van der Waals surface area contributed by atoms with Gasteiger partial charge in [-0.3, -0.25) is 4.90 Å². The summed E-state index contributed by atoms with van der Waals surface area (Å²) >= 11 is 0. The average Bonchev–Trinajstić information content (AvgIpc) is 2.33. The second-order valence-electron chi connectivity index (χ2n) is 5.48. The fourth-order valence-corrected chi connectivity index (χ4v) is 2.42. The predicted molar refractivity (Wildman–Crippen MR) is 79.8 cm³/mol. The van der Waals surface area contributed by atoms with Gasteiger partial charge in [0.05, 0.1) is 6.19 Å². The first kappa shape index (κ1) is 14.2. The zero-order valence-corrected chi connectivity index (χ0v) is 11.7. The predicted octanol–water partition coefficient (Wildman–Crippen LogP) is 0.364. The summed E-state index contributed by atoms with van der Waals surface area (Å²) in [7, 11) is 2.70. The van der Waals surface area contributed by atoms with Crippen LogP contribution in [0, 0.1) is 0 Å². The molecule has 1 atom stereocenters. The molecule has 1 saturated heterocycles. The van der Waals surface area contributed by atoms with Crippen LogP contribution in [0.4, 0.5) is 0 Å². The van der Waals surface area contributed by atoms with Gasteiger partial charge >= 0.3 is 0 Å². The van der Waals surface area contributed by atoms with Gasteiger partial charge in [-0.1, -0.05) is 24.3 Å². The normalized spacial score (nSPS) is 18.1. The van der Waals surface area contributed by atoms with E-state index in [1.165, 1.54) is 11.1 Å². The first-order chi connectivity index (χ1) is 9.10. The van der Waals surface area contributed by atoms with E-state index in [9.17, 15) is 4.79 Å². The third-order valence-electron chi connectivity index (χ3n) is 3.83. The Bertz CT molecular complexity index is 415. The highest BCUT2D eigenvalue weighted by molar-refractivity contribution is 6.64. The van der Waals surface area contributed by atoms with Gasteiger partial charge in [0.15, 0.2) is 0 Å². The summed E-state index contributed by atoms with van der Waals surface area (Å²) in [6, 6.07) is 9.16. The van der Waals surface area contributed by atoms with Crippen LogP contribution in [-0.4, -0.2) is 49.5 Å². The van der Waals surface area contributed by atoms with Crippen molar-refractivity contribution in [3.05, 3.63) is 35.4 Å². The fourth-order valence-electron chi connectivity index (χ4n) is 2.42. The van der Waals surface area contributed by atoms with Gasteiger partial charge in [-0.25, -0.2) is 0 Å². The van der Waals surface area contributed by atoms with E-state index in [0.29, 0.717) is 13.5 Å². The minimum atomic E-state index is 0.0929. The van der Waals surface area contributed by atoms with Crippen LogP contribution in [0.25, 0.3) is 0 Å². The molecule has 0 spiro atoms. The van der Waals surface area contributed by atoms with Gasteiger partial charge in [0.1, 0.15) is 0 Å². The van der Waals surface area contributed by atoms with E-state index in [4.69, 9.17) is 5.73 Å². The van der Waals surface area contributed by atoms with Crippen molar-refractivity contribution < 1.29 is 4.79 Å². The molecule has 102 valence electrons. The van der Waals surface area contributed by atoms with E-state index >= 15 is 0 Å². The van der Waals surface area contributed by atoms with Gasteiger partial charge < -0.3 is 15.3 Å². The van der Waals surface area contributed by atoms with Crippen LogP contribution < -0.4 is 5.73 Å². The maximum absolute atomic E-state index is 10.4. The quantitative estimate of drug-likeness (QED) is 0.592. The molecule has 1 aliphatic heterocycles. The second-order valence-corrected chi connectivity index (χ2v) is 5.48. The van der Waals surface area contributed by atoms with Crippen LogP contribution >= 0.6 is 0 Å². The number of hydrogen-bond donors (Lipinski definition) is 1. The number of carbonyl (C=O) groups is 1. The minimum absolute atomic E-state index is 0.0929. The monoisotopic (exact) mass is 259 g/mol. The highest BCUT2D eigenvalue weighted by Gasteiger charge is 2.29. The second kappa shape index (κ2) is 6.32. The molecule has 19 heavy (non-hydrogen) atoms. The largest absolute Gasteiger partial charge is 0.336 e. The fraction of sp³-hybridized carbons (Fsp3) is 0.500. The number of carbonyl (C=O) groups excluding carboxylic acids is 1. The molecular weight excluding hydrogens is 237 g/mol. The standard InChI is InChI=1S/C14H22BN3O/c1-11(16)13-5-3-12(4-6-13)7-17(2)14-8-18(9-14)15-10-19/h3-6,10-11,14-15H,7-9,16H2,1-2H3/t11-/m0/s1. The summed E-state index contributed by atoms with van der Waals surface area (Å²) in [4.78, 5) is 14.9. The van der Waals surface area contributed by atoms with E-state index in [1.807, 2.05) is 6.92 Å². The Morgan fingerprint density at radius 1 is 1.47 bits per heavy atom. The molecule has 2 N–H and O–H groups in total. The van der Waals surface area contributed by atoms with Crippen LogP contribution in [0.15, 0.2) is 24.3 Å². The van der Waals surface area contributed by atoms with Gasteiger partial charge in [-0.15, -0.1) is 0 Å². The van der Waals surface area contributed by atoms with Crippen molar-refractivity contribution in [3.63, 3.8) is 0 Å². The summed E-state index contributed by atoms with van der Waals surface area (Å²) in [5.74, 6) is 0. The number of nitrogens with zero attached hydrogens (tertiary/aromatic N) is 2. The zero-order chi connectivity index (χ0) is 13.8. The number of rotatable bonds is 6. The topological polar surface area (TPSA) is 49.6 Å². The molecule has 0 amide bonds. The first-order valence-corrected chi connectivity index (χ1v) is 6.81. The number of hydrogen-bond acceptors (Lipinski definition) is 4. The maximum atomic E-state index is 10.4. The van der Waals surface area contributed by atoms with Crippen LogP contribution in [0.5, 0.6) is 0 Å². The van der Waals surface area contributed by atoms with Crippen molar-refractivity contribution >= 4 is 13.6 Å². The lowest BCUT2D eigenvalue weighted by Gasteiger charge is -2.43. The first-order valence-electron chi connectivity index (χ1n) is 6.81. The lowest BCUT2D eigenvalue weighted by Crippen LogP contribution is -2.59. The van der Waals surface area contributed by atoms with E-state index in [-0.39, 0.29) is 6.04 Å². The van der Waals surface area contributed by atoms with Crippen molar-refractivity contribution in [1.82, 2.24) is 9.71 Å². The SMILES string of the molecule is C[C@H](N)c1ccc(CN(C)C2CN(BC=O)C2)cc1. The molecule has 5 heteroatoms. The molecule has 1 aromatic rings. The molecule has 1 aliphatic rings. The van der Waals surface area contributed by atoms with Gasteiger partial charge in [-0.2, -0.15) is 0 Å². The molecule has 4 nitrogen and oxygen atoms in total. The van der Waals surface area contributed by atoms with Gasteiger partial charge in [0.2, 0.25) is 0 Å². The Balaban J connectivity index is 1.82. The number of benzene rings is 1. The van der Waals surface area contributed by atoms with E-state index in [2.05, 4.69) is 41.0 Å². The molecule has 1 aromatic carbocycles. The third-order valence-corrected chi connectivity index (χ3v) is 3.83. The summed E-state index contributed by atoms with van der Waals surface area (Å²) < 4.78 is 0. The Kier molecular flexibility index (Phi) is 4.74. The molecular formula is C14H22BN3O. The van der Waals surface area contributed by atoms with Crippen LogP contribution in [0.2, 0.25) is 0 Å². The summed E-state index contributed by atoms with van der Waals surface area (Å²) in [5.41, 5.74) is 8.32. The Morgan fingerprint density at radius 2 is 2.11 bits per heavy atom. The van der Waals surface area contributed by atoms with Gasteiger partial charge in [-0.05, 0) is 25.1 Å². The molecule has 0 bridgehead atoms. The molecule has 0 aliphatic carbocycles. The molecule has 0 saturated carbocycles. The Morgan fingerprint density at radius 3 is 2.63 bits per heavy atom. The van der Waals surface area contributed by atoms with Crippen molar-refractivity contribution in [3.8, 4) is 0 Å². The van der Waals surface area contributed by atoms with E-state index in [0.717, 1.165) is 25.8 Å². The molecule has 1 heterocycles. The molecule has 1 fully saturated rings. The zero-order valence-electron chi connectivity index (χ0n) is 11.7. The Labute approximate surface area is 115 Å². The third kappa shape index (κ3) is 3.66. The molecule has 0 unspecified atom stereocenters. The summed E-state index contributed by atoms with van der Waals surface area (Å²) in [5, 5.41) is 0. The van der Waals surface area contributed by atoms with Crippen molar-refractivity contribution in [1.29, 1.82) is 0 Å². The van der Waals surface area contributed by atoms with Gasteiger partial charge in [0, 0.05) is 31.7 Å².